The molecule has 1 saturated heterocycles. The number of hydrogen-bond acceptors (Lipinski definition) is 2. The Bertz CT molecular complexity index is 665. The predicted molar refractivity (Wildman–Crippen MR) is 70.8 cm³/mol. The van der Waals surface area contributed by atoms with E-state index in [1.807, 2.05) is 0 Å². The number of nitrogens with zero attached hydrogens (tertiary/aromatic N) is 2. The fourth-order valence-corrected chi connectivity index (χ4v) is 2.68. The van der Waals surface area contributed by atoms with Crippen molar-refractivity contribution >= 4 is 16.9 Å². The molecule has 2 heterocycles. The van der Waals surface area contributed by atoms with Crippen molar-refractivity contribution in [3.05, 3.63) is 30.1 Å². The van der Waals surface area contributed by atoms with Gasteiger partial charge >= 0.3 is 6.18 Å². The lowest BCUT2D eigenvalue weighted by Gasteiger charge is -2.33. The lowest BCUT2D eigenvalue weighted by atomic mass is 9.97. The third-order valence-electron chi connectivity index (χ3n) is 3.84. The van der Waals surface area contributed by atoms with Crippen LogP contribution in [0.25, 0.3) is 11.0 Å². The maximum atomic E-state index is 12.8. The van der Waals surface area contributed by atoms with Crippen molar-refractivity contribution in [3.63, 3.8) is 0 Å². The zero-order valence-electron chi connectivity index (χ0n) is 11.2. The number of aromatic nitrogens is 2. The smallest absolute Gasteiger partial charge is 0.345 e. The number of carbonyl (C=O) groups excluding carboxylic acids is 1. The SMILES string of the molecule is O=C(c1ccc2nc[nH]c2c1)N1CCC[C@H](C(F)(F)F)C1. The Morgan fingerprint density at radius 1 is 1.38 bits per heavy atom. The second-order valence-corrected chi connectivity index (χ2v) is 5.27. The van der Waals surface area contributed by atoms with Gasteiger partial charge in [-0.05, 0) is 31.0 Å². The van der Waals surface area contributed by atoms with Crippen LogP contribution in [0.4, 0.5) is 13.2 Å². The summed E-state index contributed by atoms with van der Waals surface area (Å²) in [6.45, 7) is 0.107. The molecule has 0 saturated carbocycles. The molecule has 1 N–H and O–H groups in total. The monoisotopic (exact) mass is 297 g/mol. The molecule has 1 fully saturated rings. The van der Waals surface area contributed by atoms with Crippen LogP contribution in [0.2, 0.25) is 0 Å². The van der Waals surface area contributed by atoms with Crippen LogP contribution in [0.15, 0.2) is 24.5 Å². The molecular formula is C14H14F3N3O. The molecule has 2 aromatic rings. The number of halogens is 3. The van der Waals surface area contributed by atoms with Crippen LogP contribution in [-0.2, 0) is 0 Å². The number of piperidine rings is 1. The maximum Gasteiger partial charge on any atom is 0.393 e. The molecule has 1 amide bonds. The summed E-state index contributed by atoms with van der Waals surface area (Å²) < 4.78 is 38.4. The zero-order valence-corrected chi connectivity index (χ0v) is 11.2. The number of amides is 1. The number of H-pyrrole nitrogens is 1. The normalized spacial score (nSPS) is 20.0. The van der Waals surface area contributed by atoms with Gasteiger partial charge in [-0.3, -0.25) is 4.79 Å². The standard InChI is InChI=1S/C14H14F3N3O/c15-14(16,17)10-2-1-5-20(7-10)13(21)9-3-4-11-12(6-9)19-8-18-11/h3-4,6,8,10H,1-2,5,7H2,(H,18,19)/t10-/m0/s1. The first-order valence-electron chi connectivity index (χ1n) is 6.74. The molecule has 0 radical (unpaired) electrons. The van der Waals surface area contributed by atoms with Crippen LogP contribution in [-0.4, -0.2) is 40.0 Å². The van der Waals surface area contributed by atoms with Crippen molar-refractivity contribution in [1.82, 2.24) is 14.9 Å². The molecule has 1 aliphatic heterocycles. The van der Waals surface area contributed by atoms with E-state index >= 15 is 0 Å². The van der Waals surface area contributed by atoms with Gasteiger partial charge in [0.25, 0.3) is 5.91 Å². The first-order valence-corrected chi connectivity index (χ1v) is 6.74. The molecule has 1 atom stereocenters. The molecule has 0 unspecified atom stereocenters. The molecule has 0 spiro atoms. The number of fused-ring (bicyclic) bond motifs is 1. The van der Waals surface area contributed by atoms with E-state index in [9.17, 15) is 18.0 Å². The molecule has 112 valence electrons. The third kappa shape index (κ3) is 2.72. The second-order valence-electron chi connectivity index (χ2n) is 5.27. The highest BCUT2D eigenvalue weighted by Crippen LogP contribution is 2.33. The Labute approximate surface area is 119 Å². The summed E-state index contributed by atoms with van der Waals surface area (Å²) in [4.78, 5) is 20.6. The highest BCUT2D eigenvalue weighted by Gasteiger charge is 2.42. The first kappa shape index (κ1) is 13.9. The molecule has 1 aromatic heterocycles. The Morgan fingerprint density at radius 3 is 2.95 bits per heavy atom. The van der Waals surface area contributed by atoms with Gasteiger partial charge in [-0.1, -0.05) is 0 Å². The van der Waals surface area contributed by atoms with Crippen LogP contribution in [0.1, 0.15) is 23.2 Å². The number of imidazole rings is 1. The number of rotatable bonds is 1. The summed E-state index contributed by atoms with van der Waals surface area (Å²) in [5.74, 6) is -1.79. The minimum Gasteiger partial charge on any atom is -0.345 e. The van der Waals surface area contributed by atoms with E-state index in [1.165, 1.54) is 11.2 Å². The van der Waals surface area contributed by atoms with Crippen molar-refractivity contribution in [2.24, 2.45) is 5.92 Å². The Morgan fingerprint density at radius 2 is 2.19 bits per heavy atom. The minimum absolute atomic E-state index is 0.0901. The summed E-state index contributed by atoms with van der Waals surface area (Å²) in [6, 6.07) is 4.91. The molecule has 3 rings (SSSR count). The lowest BCUT2D eigenvalue weighted by molar-refractivity contribution is -0.184. The molecule has 21 heavy (non-hydrogen) atoms. The largest absolute Gasteiger partial charge is 0.393 e. The van der Waals surface area contributed by atoms with E-state index in [-0.39, 0.29) is 18.9 Å². The van der Waals surface area contributed by atoms with E-state index < -0.39 is 12.1 Å². The Hall–Kier alpha value is -2.05. The highest BCUT2D eigenvalue weighted by molar-refractivity contribution is 5.97. The van der Waals surface area contributed by atoms with E-state index in [0.29, 0.717) is 24.0 Å². The lowest BCUT2D eigenvalue weighted by Crippen LogP contribution is -2.44. The number of alkyl halides is 3. The van der Waals surface area contributed by atoms with Crippen molar-refractivity contribution in [2.45, 2.75) is 19.0 Å². The van der Waals surface area contributed by atoms with Gasteiger partial charge in [0.05, 0.1) is 23.3 Å². The molecule has 0 bridgehead atoms. The zero-order chi connectivity index (χ0) is 15.0. The summed E-state index contributed by atoms with van der Waals surface area (Å²) in [7, 11) is 0. The molecule has 1 aliphatic rings. The average Bonchev–Trinajstić information content (AvgIpc) is 2.93. The van der Waals surface area contributed by atoms with Crippen molar-refractivity contribution in [2.75, 3.05) is 13.1 Å². The third-order valence-corrected chi connectivity index (χ3v) is 3.84. The van der Waals surface area contributed by atoms with Crippen LogP contribution in [0, 0.1) is 5.92 Å². The van der Waals surface area contributed by atoms with Crippen LogP contribution in [0.3, 0.4) is 0 Å². The number of benzene rings is 1. The van der Waals surface area contributed by atoms with Crippen molar-refractivity contribution in [3.8, 4) is 0 Å². The first-order chi connectivity index (χ1) is 9.95. The van der Waals surface area contributed by atoms with Gasteiger partial charge in [-0.15, -0.1) is 0 Å². The van der Waals surface area contributed by atoms with Crippen LogP contribution < -0.4 is 0 Å². The molecule has 0 aliphatic carbocycles. The predicted octanol–water partition coefficient (Wildman–Crippen LogP) is 2.98. The quantitative estimate of drug-likeness (QED) is 0.879. The topological polar surface area (TPSA) is 49.0 Å². The molecule has 7 heteroatoms. The number of nitrogens with one attached hydrogen (secondary N) is 1. The number of likely N-dealkylation sites (tertiary alicyclic amines) is 1. The molecular weight excluding hydrogens is 283 g/mol. The molecule has 1 aromatic carbocycles. The van der Waals surface area contributed by atoms with Crippen molar-refractivity contribution in [1.29, 1.82) is 0 Å². The van der Waals surface area contributed by atoms with Crippen LogP contribution in [0.5, 0.6) is 0 Å². The van der Waals surface area contributed by atoms with E-state index in [4.69, 9.17) is 0 Å². The average molecular weight is 297 g/mol. The Balaban J connectivity index is 1.80. The summed E-state index contributed by atoms with van der Waals surface area (Å²) in [5, 5.41) is 0. The van der Waals surface area contributed by atoms with E-state index in [0.717, 1.165) is 5.52 Å². The number of aromatic amines is 1. The fourth-order valence-electron chi connectivity index (χ4n) is 2.68. The number of hydrogen-bond donors (Lipinski definition) is 1. The summed E-state index contributed by atoms with van der Waals surface area (Å²) >= 11 is 0. The van der Waals surface area contributed by atoms with Gasteiger partial charge in [0, 0.05) is 18.7 Å². The Kier molecular flexibility index (Phi) is 3.35. The van der Waals surface area contributed by atoms with Crippen molar-refractivity contribution < 1.29 is 18.0 Å². The van der Waals surface area contributed by atoms with E-state index in [2.05, 4.69) is 9.97 Å². The van der Waals surface area contributed by atoms with Gasteiger partial charge in [-0.25, -0.2) is 4.98 Å². The maximum absolute atomic E-state index is 12.8. The second kappa shape index (κ2) is 5.05. The number of carbonyl (C=O) groups is 1. The van der Waals surface area contributed by atoms with Gasteiger partial charge in [-0.2, -0.15) is 13.2 Å². The van der Waals surface area contributed by atoms with Gasteiger partial charge in [0.15, 0.2) is 0 Å². The van der Waals surface area contributed by atoms with Gasteiger partial charge in [0.2, 0.25) is 0 Å². The highest BCUT2D eigenvalue weighted by atomic mass is 19.4. The van der Waals surface area contributed by atoms with Gasteiger partial charge < -0.3 is 9.88 Å². The molecule has 4 nitrogen and oxygen atoms in total. The van der Waals surface area contributed by atoms with Crippen LogP contribution >= 0.6 is 0 Å². The minimum atomic E-state index is -4.24. The summed E-state index contributed by atoms with van der Waals surface area (Å²) in [6.07, 6.45) is -2.26. The summed E-state index contributed by atoms with van der Waals surface area (Å²) in [5.41, 5.74) is 1.80. The van der Waals surface area contributed by atoms with Gasteiger partial charge in [0.1, 0.15) is 0 Å². The van der Waals surface area contributed by atoms with E-state index in [1.54, 1.807) is 18.2 Å². The fraction of sp³-hybridized carbons (Fsp3) is 0.429.